The van der Waals surface area contributed by atoms with E-state index in [1.165, 1.54) is 0 Å². The van der Waals surface area contributed by atoms with Crippen LogP contribution < -0.4 is 0 Å². The Morgan fingerprint density at radius 1 is 1.11 bits per heavy atom. The molecule has 0 bridgehead atoms. The van der Waals surface area contributed by atoms with Crippen LogP contribution >= 0.6 is 23.5 Å². The highest BCUT2D eigenvalue weighted by atomic mass is 35.5. The molecule has 0 saturated heterocycles. The molecule has 0 radical (unpaired) electrons. The number of hydrogen-bond donors (Lipinski definition) is 0. The van der Waals surface area contributed by atoms with E-state index in [1.54, 1.807) is 36.8 Å². The fraction of sp³-hybridized carbons (Fsp3) is 0.105. The van der Waals surface area contributed by atoms with Crippen LogP contribution in [0.1, 0.15) is 11.1 Å². The number of benzene rings is 1. The number of rotatable bonds is 5. The summed E-state index contributed by atoms with van der Waals surface area (Å²) in [6.45, 7) is 0. The molecule has 0 spiro atoms. The van der Waals surface area contributed by atoms with Gasteiger partial charge in [0.25, 0.3) is 0 Å². The molecule has 1 atom stereocenters. The van der Waals surface area contributed by atoms with Gasteiger partial charge in [-0.1, -0.05) is 29.8 Å². The normalized spacial score (nSPS) is 12.4. The van der Waals surface area contributed by atoms with Crippen LogP contribution in [0.5, 0.6) is 0 Å². The third kappa shape index (κ3) is 4.05. The Kier molecular flexibility index (Phi) is 5.24. The van der Waals surface area contributed by atoms with E-state index < -0.39 is 10.8 Å². The zero-order chi connectivity index (χ0) is 18.8. The molecule has 8 heteroatoms. The summed E-state index contributed by atoms with van der Waals surface area (Å²) in [4.78, 5) is 14.0. The predicted octanol–water partition coefficient (Wildman–Crippen LogP) is 4.36. The maximum Gasteiger partial charge on any atom is 0.218 e. The average molecular weight is 415 g/mol. The van der Waals surface area contributed by atoms with Gasteiger partial charge in [0.1, 0.15) is 0 Å². The van der Waals surface area contributed by atoms with E-state index >= 15 is 0 Å². The van der Waals surface area contributed by atoms with E-state index in [-0.39, 0.29) is 0 Å². The molecule has 5 nitrogen and oxygen atoms in total. The molecule has 0 aliphatic rings. The van der Waals surface area contributed by atoms with Crippen molar-refractivity contribution in [1.29, 1.82) is 0 Å². The highest BCUT2D eigenvalue weighted by Gasteiger charge is 2.13. The van der Waals surface area contributed by atoms with Gasteiger partial charge < -0.3 is 0 Å². The second-order valence-corrected chi connectivity index (χ2v) is 8.67. The number of fused-ring (bicyclic) bond motifs is 1. The molecule has 27 heavy (non-hydrogen) atoms. The molecule has 0 fully saturated rings. The van der Waals surface area contributed by atoms with Gasteiger partial charge in [0.05, 0.1) is 15.8 Å². The molecule has 1 aromatic carbocycles. The molecule has 0 aliphatic heterocycles. The van der Waals surface area contributed by atoms with Crippen LogP contribution in [0.2, 0.25) is 5.02 Å². The number of nitrogens with zero attached hydrogens (tertiary/aromatic N) is 4. The third-order valence-corrected chi connectivity index (χ3v) is 5.83. The fourth-order valence-corrected chi connectivity index (χ4v) is 4.20. The molecule has 1 unspecified atom stereocenters. The molecule has 0 aliphatic carbocycles. The zero-order valence-electron chi connectivity index (χ0n) is 14.4. The first kappa shape index (κ1) is 18.2. The second-order valence-electron chi connectivity index (χ2n) is 5.91. The van der Waals surface area contributed by atoms with Crippen LogP contribution in [0.25, 0.3) is 11.0 Å². The van der Waals surface area contributed by atoms with Crippen LogP contribution in [-0.2, 0) is 17.2 Å². The summed E-state index contributed by atoms with van der Waals surface area (Å²) >= 11 is 7.78. The minimum atomic E-state index is -1.18. The predicted molar refractivity (Wildman–Crippen MR) is 110 cm³/mol. The smallest absolute Gasteiger partial charge is 0.218 e. The Hall–Kier alpha value is -2.22. The van der Waals surface area contributed by atoms with Crippen LogP contribution in [0, 0.1) is 0 Å². The number of halogens is 1. The van der Waals surface area contributed by atoms with Crippen molar-refractivity contribution in [2.45, 2.75) is 16.5 Å². The lowest BCUT2D eigenvalue weighted by Crippen LogP contribution is -1.98. The molecule has 0 saturated carbocycles. The quantitative estimate of drug-likeness (QED) is 0.454. The minimum Gasteiger partial charge on any atom is -0.270 e. The van der Waals surface area contributed by atoms with Crippen molar-refractivity contribution in [2.75, 3.05) is 6.26 Å². The summed E-state index contributed by atoms with van der Waals surface area (Å²) in [5, 5.41) is 1.93. The Labute approximate surface area is 168 Å². The molecule has 4 rings (SSSR count). The van der Waals surface area contributed by atoms with Crippen molar-refractivity contribution in [3.05, 3.63) is 77.3 Å². The Bertz CT molecular complexity index is 1110. The van der Waals surface area contributed by atoms with E-state index in [4.69, 9.17) is 11.6 Å². The molecule has 0 N–H and O–H groups in total. The summed E-state index contributed by atoms with van der Waals surface area (Å²) in [6.07, 6.45) is 9.36. The van der Waals surface area contributed by atoms with Crippen LogP contribution in [0.4, 0.5) is 0 Å². The van der Waals surface area contributed by atoms with Crippen molar-refractivity contribution < 1.29 is 4.21 Å². The number of aromatic nitrogens is 4. The highest BCUT2D eigenvalue weighted by molar-refractivity contribution is 7.98. The van der Waals surface area contributed by atoms with Gasteiger partial charge in [-0.05, 0) is 41.3 Å². The molecular weight excluding hydrogens is 400 g/mol. The van der Waals surface area contributed by atoms with E-state index in [0.29, 0.717) is 16.6 Å². The van der Waals surface area contributed by atoms with Gasteiger partial charge in [-0.3, -0.25) is 8.18 Å². The van der Waals surface area contributed by atoms with Gasteiger partial charge >= 0.3 is 0 Å². The van der Waals surface area contributed by atoms with E-state index in [2.05, 4.69) is 33.3 Å². The first-order valence-electron chi connectivity index (χ1n) is 8.13. The minimum absolute atomic E-state index is 0.338. The van der Waals surface area contributed by atoms with Gasteiger partial charge in [-0.2, -0.15) is 0 Å². The van der Waals surface area contributed by atoms with Crippen molar-refractivity contribution >= 4 is 45.4 Å². The summed E-state index contributed by atoms with van der Waals surface area (Å²) in [6, 6.07) is 12.1. The first-order valence-corrected chi connectivity index (χ1v) is 10.8. The van der Waals surface area contributed by atoms with Crippen LogP contribution in [0.3, 0.4) is 0 Å². The van der Waals surface area contributed by atoms with Gasteiger partial charge in [-0.25, -0.2) is 15.0 Å². The lowest BCUT2D eigenvalue weighted by Gasteiger charge is -2.03. The van der Waals surface area contributed by atoms with Gasteiger partial charge in [0.2, 0.25) is 5.16 Å². The Balaban J connectivity index is 1.71. The van der Waals surface area contributed by atoms with Crippen molar-refractivity contribution in [3.63, 3.8) is 0 Å². The SMILES string of the molecule is CS(=O)c1ncc(Cc2cn(Sc3ccccc3)c3ncc(Cl)cc23)cn1. The fourth-order valence-electron chi connectivity index (χ4n) is 2.72. The average Bonchev–Trinajstić information content (AvgIpc) is 2.99. The van der Waals surface area contributed by atoms with Crippen molar-refractivity contribution in [3.8, 4) is 0 Å². The molecule has 3 heterocycles. The summed E-state index contributed by atoms with van der Waals surface area (Å²) < 4.78 is 13.5. The Morgan fingerprint density at radius 2 is 1.85 bits per heavy atom. The third-order valence-electron chi connectivity index (χ3n) is 3.94. The largest absolute Gasteiger partial charge is 0.270 e. The van der Waals surface area contributed by atoms with Gasteiger partial charge in [-0.15, -0.1) is 0 Å². The molecule has 136 valence electrons. The van der Waals surface area contributed by atoms with Gasteiger partial charge in [0, 0.05) is 47.7 Å². The zero-order valence-corrected chi connectivity index (χ0v) is 16.8. The topological polar surface area (TPSA) is 60.7 Å². The number of hydrogen-bond acceptors (Lipinski definition) is 5. The van der Waals surface area contributed by atoms with Crippen molar-refractivity contribution in [1.82, 2.24) is 18.9 Å². The molecule has 4 aromatic rings. The summed E-state index contributed by atoms with van der Waals surface area (Å²) in [7, 11) is -1.18. The molecule has 3 aromatic heterocycles. The van der Waals surface area contributed by atoms with Gasteiger partial charge in [0.15, 0.2) is 5.65 Å². The molecular formula is C19H15ClN4OS2. The maximum atomic E-state index is 11.5. The monoisotopic (exact) mass is 414 g/mol. The lowest BCUT2D eigenvalue weighted by molar-refractivity contribution is 0.679. The van der Waals surface area contributed by atoms with Crippen LogP contribution in [0.15, 0.2) is 71.2 Å². The first-order chi connectivity index (χ1) is 13.1. The maximum absolute atomic E-state index is 11.5. The van der Waals surface area contributed by atoms with E-state index in [0.717, 1.165) is 27.1 Å². The second kappa shape index (κ2) is 7.80. The summed E-state index contributed by atoms with van der Waals surface area (Å²) in [5.41, 5.74) is 2.88. The van der Waals surface area contributed by atoms with E-state index in [9.17, 15) is 4.21 Å². The van der Waals surface area contributed by atoms with E-state index in [1.807, 2.05) is 28.2 Å². The molecule has 0 amide bonds. The number of pyridine rings is 1. The van der Waals surface area contributed by atoms with Crippen LogP contribution in [-0.4, -0.2) is 29.4 Å². The Morgan fingerprint density at radius 3 is 2.56 bits per heavy atom. The highest BCUT2D eigenvalue weighted by Crippen LogP contribution is 2.30. The standard InChI is InChI=1S/C19H15ClN4OS2/c1-27(25)19-22-9-13(10-23-19)7-14-12-24(26-16-5-3-2-4-6-16)18-17(14)8-15(20)11-21-18/h2-6,8-12H,7H2,1H3. The lowest BCUT2D eigenvalue weighted by atomic mass is 10.1. The summed E-state index contributed by atoms with van der Waals surface area (Å²) in [5.74, 6) is 0. The van der Waals surface area contributed by atoms with Crippen molar-refractivity contribution in [2.24, 2.45) is 0 Å².